The van der Waals surface area contributed by atoms with E-state index in [-0.39, 0.29) is 0 Å². The van der Waals surface area contributed by atoms with E-state index in [0.29, 0.717) is 0 Å². The van der Waals surface area contributed by atoms with Gasteiger partial charge in [0.05, 0.1) is 39.1 Å². The van der Waals surface area contributed by atoms with Gasteiger partial charge in [0.1, 0.15) is 140 Å². The van der Waals surface area contributed by atoms with Crippen molar-refractivity contribution in [2.24, 2.45) is 0 Å². The molecule has 6 saturated heterocycles. The lowest BCUT2D eigenvalue weighted by Crippen LogP contribution is -2.70. The quantitative estimate of drug-likeness (QED) is 0.0606. The SMILES string of the molecule is CC(=O)N[C@@H]1[C@@H](O[C@@H]2O[C@H](CO)[C@H](O)[C@H](O[C@H]3O[C@H](CO)[C@H](O)[C@H](O)[C@H]3NC(C)=O)[C@H]2O[C@@H]2O[C@@H](C)[C@@H](O)[C@@H](O)[C@@H]2O)[C@@H](O)[C@@H](CO[C@@H]2O[C@H](CO)[C@@H](O[C@@H]3O[C@H](CO)[C@H](O)[C@H](O)[C@H]3O)[C@H](O)[C@H]2NC(C)=O)O[C@H]1O. The summed E-state index contributed by atoms with van der Waals surface area (Å²) in [6, 6.07) is -5.06. The molecule has 33 nitrogen and oxygen atoms in total. The minimum Gasteiger partial charge on any atom is -0.394 e. The summed E-state index contributed by atoms with van der Waals surface area (Å²) in [4.78, 5) is 37.4. The van der Waals surface area contributed by atoms with E-state index in [9.17, 15) is 96.1 Å². The summed E-state index contributed by atoms with van der Waals surface area (Å²) in [7, 11) is 0. The molecule has 33 heteroatoms. The van der Waals surface area contributed by atoms with Crippen LogP contribution in [0.1, 0.15) is 27.7 Å². The van der Waals surface area contributed by atoms with Crippen LogP contribution in [-0.2, 0) is 66.5 Å². The van der Waals surface area contributed by atoms with Crippen LogP contribution in [0.4, 0.5) is 0 Å². The second-order valence-electron chi connectivity index (χ2n) is 19.0. The normalized spacial score (nSPS) is 48.6. The number of carbonyl (C=O) groups is 3. The first-order valence-corrected chi connectivity index (χ1v) is 23.9. The van der Waals surface area contributed by atoms with Crippen molar-refractivity contribution in [3.05, 3.63) is 0 Å². The molecule has 3 amide bonds. The smallest absolute Gasteiger partial charge is 0.217 e. The van der Waals surface area contributed by atoms with Crippen molar-refractivity contribution in [2.45, 2.75) is 212 Å². The molecule has 0 aromatic heterocycles. The van der Waals surface area contributed by atoms with Gasteiger partial charge in [0.2, 0.25) is 17.7 Å². The molecule has 0 radical (unpaired) electrons. The van der Waals surface area contributed by atoms with Crippen LogP contribution >= 0.6 is 0 Å². The van der Waals surface area contributed by atoms with Gasteiger partial charge < -0.3 is 150 Å². The Hall–Kier alpha value is -2.67. The number of amides is 3. The monoisotopic (exact) mass is 1100 g/mol. The van der Waals surface area contributed by atoms with Gasteiger partial charge in [-0.25, -0.2) is 0 Å². The number of nitrogens with one attached hydrogen (secondary N) is 3. The molecule has 0 saturated carbocycles. The van der Waals surface area contributed by atoms with E-state index in [1.165, 1.54) is 6.92 Å². The van der Waals surface area contributed by atoms with Gasteiger partial charge in [-0.15, -0.1) is 0 Å². The van der Waals surface area contributed by atoms with Gasteiger partial charge in [-0.1, -0.05) is 0 Å². The third-order valence-electron chi connectivity index (χ3n) is 13.6. The molecule has 75 heavy (non-hydrogen) atoms. The Morgan fingerprint density at radius 2 is 0.787 bits per heavy atom. The highest BCUT2D eigenvalue weighted by Gasteiger charge is 2.58. The zero-order valence-electron chi connectivity index (χ0n) is 40.7. The van der Waals surface area contributed by atoms with Crippen molar-refractivity contribution >= 4 is 17.7 Å². The van der Waals surface area contributed by atoms with Crippen molar-refractivity contribution in [2.75, 3.05) is 33.0 Å². The fraction of sp³-hybridized carbons (Fsp3) is 0.929. The van der Waals surface area contributed by atoms with Gasteiger partial charge >= 0.3 is 0 Å². The van der Waals surface area contributed by atoms with Gasteiger partial charge in [0.15, 0.2) is 37.7 Å². The van der Waals surface area contributed by atoms with E-state index in [4.69, 9.17) is 52.1 Å². The number of hydrogen-bond donors (Lipinski definition) is 19. The first kappa shape index (κ1) is 61.5. The van der Waals surface area contributed by atoms with E-state index in [2.05, 4.69) is 16.0 Å². The molecule has 6 heterocycles. The second kappa shape index (κ2) is 26.5. The van der Waals surface area contributed by atoms with E-state index < -0.39 is 235 Å². The van der Waals surface area contributed by atoms with Crippen molar-refractivity contribution < 1.29 is 148 Å². The third-order valence-corrected chi connectivity index (χ3v) is 13.6. The molecule has 0 aromatic carbocycles. The Balaban J connectivity index is 1.30. The van der Waals surface area contributed by atoms with Crippen LogP contribution in [0, 0.1) is 0 Å². The van der Waals surface area contributed by atoms with Crippen molar-refractivity contribution in [1.29, 1.82) is 0 Å². The average Bonchev–Trinajstić information content (AvgIpc) is 3.36. The maximum Gasteiger partial charge on any atom is 0.217 e. The van der Waals surface area contributed by atoms with Gasteiger partial charge in [-0.05, 0) is 6.92 Å². The van der Waals surface area contributed by atoms with Crippen LogP contribution in [0.15, 0.2) is 0 Å². The molecule has 0 bridgehead atoms. The molecule has 30 atom stereocenters. The molecule has 0 unspecified atom stereocenters. The fourth-order valence-corrected chi connectivity index (χ4v) is 9.54. The minimum absolute atomic E-state index is 0.784. The lowest BCUT2D eigenvalue weighted by atomic mass is 9.94. The first-order valence-electron chi connectivity index (χ1n) is 23.9. The van der Waals surface area contributed by atoms with Crippen molar-refractivity contribution in [3.63, 3.8) is 0 Å². The predicted octanol–water partition coefficient (Wildman–Crippen LogP) is -12.6. The number of aliphatic hydroxyl groups excluding tert-OH is 16. The zero-order valence-corrected chi connectivity index (χ0v) is 40.7. The highest BCUT2D eigenvalue weighted by molar-refractivity contribution is 5.74. The molecule has 6 rings (SSSR count). The van der Waals surface area contributed by atoms with E-state index in [1.807, 2.05) is 0 Å². The fourth-order valence-electron chi connectivity index (χ4n) is 9.54. The molecule has 434 valence electrons. The lowest BCUT2D eigenvalue weighted by Gasteiger charge is -2.51. The minimum atomic E-state index is -2.13. The molecule has 6 fully saturated rings. The third kappa shape index (κ3) is 13.7. The maximum atomic E-state index is 12.6. The van der Waals surface area contributed by atoms with Crippen LogP contribution in [0.5, 0.6) is 0 Å². The zero-order chi connectivity index (χ0) is 55.5. The molecule has 6 aliphatic rings. The predicted molar refractivity (Wildman–Crippen MR) is 233 cm³/mol. The molecular formula is C42H71N3O30. The highest BCUT2D eigenvalue weighted by atomic mass is 16.8. The van der Waals surface area contributed by atoms with Gasteiger partial charge in [-0.2, -0.15) is 0 Å². The highest BCUT2D eigenvalue weighted by Crippen LogP contribution is 2.37. The Morgan fingerprint density at radius 1 is 0.373 bits per heavy atom. The van der Waals surface area contributed by atoms with Crippen molar-refractivity contribution in [3.8, 4) is 0 Å². The Labute approximate surface area is 426 Å². The van der Waals surface area contributed by atoms with Crippen LogP contribution in [0.2, 0.25) is 0 Å². The number of ether oxygens (including phenoxy) is 11. The molecule has 19 N–H and O–H groups in total. The van der Waals surface area contributed by atoms with Crippen molar-refractivity contribution in [1.82, 2.24) is 16.0 Å². The largest absolute Gasteiger partial charge is 0.394 e. The average molecular weight is 1100 g/mol. The first-order chi connectivity index (χ1) is 35.4. The Bertz CT molecular complexity index is 1850. The molecule has 6 aliphatic heterocycles. The summed E-state index contributed by atoms with van der Waals surface area (Å²) in [5.41, 5.74) is 0. The summed E-state index contributed by atoms with van der Waals surface area (Å²) in [6.07, 6.45) is -50.0. The van der Waals surface area contributed by atoms with E-state index in [0.717, 1.165) is 20.8 Å². The number of carbonyl (C=O) groups excluding carboxylic acids is 3. The summed E-state index contributed by atoms with van der Waals surface area (Å²) in [6.45, 7) is -0.244. The van der Waals surface area contributed by atoms with Crippen LogP contribution in [0.25, 0.3) is 0 Å². The molecular weight excluding hydrogens is 1030 g/mol. The van der Waals surface area contributed by atoms with Crippen LogP contribution in [-0.4, -0.2) is 317 Å². The maximum absolute atomic E-state index is 12.6. The summed E-state index contributed by atoms with van der Waals surface area (Å²) in [5, 5.41) is 180. The van der Waals surface area contributed by atoms with Gasteiger partial charge in [0, 0.05) is 20.8 Å². The standard InChI is InChI=1S/C42H71N3O30/c1-10-22(53)29(60)31(62)40(66-10)75-36-35(74-39-19(43-11(2)50)27(58)23(54)14(5-46)68-39)25(56)16(7-48)70-42(36)73-34-21(45-13(4)52)37(64)67-18(26(34)57)9-65-38-20(44-12(3)51)28(59)33(17(8-49)71-38)72-41-32(63)30(61)24(55)15(6-47)69-41/h10,14-42,46-49,53-64H,5-9H2,1-4H3,(H,43,50)(H,44,51)(H,45,52)/t10-,14+,15+,16+,17+,18+,19+,20+,21+,22+,23-,24-,25-,26-,27+,28+,29+,30-,31-,32+,33+,34+,35-,36+,37+,38+,39+,40-,41-,42-/m0/s1. The molecule has 0 spiro atoms. The van der Waals surface area contributed by atoms with E-state index in [1.54, 1.807) is 0 Å². The lowest BCUT2D eigenvalue weighted by molar-refractivity contribution is -0.397. The van der Waals surface area contributed by atoms with Crippen LogP contribution in [0.3, 0.4) is 0 Å². The Kier molecular flexibility index (Phi) is 21.8. The summed E-state index contributed by atoms with van der Waals surface area (Å²) >= 11 is 0. The van der Waals surface area contributed by atoms with Crippen LogP contribution < -0.4 is 16.0 Å². The summed E-state index contributed by atoms with van der Waals surface area (Å²) < 4.78 is 64.3. The molecule has 0 aromatic rings. The van der Waals surface area contributed by atoms with Gasteiger partial charge in [-0.3, -0.25) is 14.4 Å². The van der Waals surface area contributed by atoms with Gasteiger partial charge in [0.25, 0.3) is 0 Å². The second-order valence-corrected chi connectivity index (χ2v) is 19.0. The summed E-state index contributed by atoms with van der Waals surface area (Å²) in [5.74, 6) is -2.41. The number of rotatable bonds is 18. The van der Waals surface area contributed by atoms with E-state index >= 15 is 0 Å². The Morgan fingerprint density at radius 3 is 1.35 bits per heavy atom. The number of hydrogen-bond acceptors (Lipinski definition) is 30. The molecule has 0 aliphatic carbocycles. The number of aliphatic hydroxyl groups is 16. The topological polar surface area (TPSA) is 513 Å².